The third-order valence-corrected chi connectivity index (χ3v) is 5.36. The van der Waals surface area contributed by atoms with Crippen molar-refractivity contribution in [2.75, 3.05) is 47.0 Å². The molecule has 0 aromatic heterocycles. The topological polar surface area (TPSA) is 42.0 Å². The standard InChI is InChI=1S/C19H28N2O3/c1-23-12-11-21-9-4-7-19(18(21)22)8-10-20(15-19)14-16-5-3-6-17(13-16)24-2/h3,5-6,13H,4,7-12,14-15H2,1-2H3. The van der Waals surface area contributed by atoms with Gasteiger partial charge in [0, 0.05) is 33.3 Å². The summed E-state index contributed by atoms with van der Waals surface area (Å²) in [7, 11) is 3.38. The molecule has 0 saturated carbocycles. The van der Waals surface area contributed by atoms with Crippen LogP contribution in [0.5, 0.6) is 5.75 Å². The second-order valence-corrected chi connectivity index (χ2v) is 6.98. The molecule has 5 heteroatoms. The van der Waals surface area contributed by atoms with Crippen LogP contribution < -0.4 is 4.74 Å². The van der Waals surface area contributed by atoms with E-state index in [1.807, 2.05) is 17.0 Å². The summed E-state index contributed by atoms with van der Waals surface area (Å²) in [5.41, 5.74) is 1.07. The molecule has 2 heterocycles. The highest BCUT2D eigenvalue weighted by Crippen LogP contribution is 2.40. The summed E-state index contributed by atoms with van der Waals surface area (Å²) in [6.07, 6.45) is 3.09. The molecule has 24 heavy (non-hydrogen) atoms. The first-order valence-electron chi connectivity index (χ1n) is 8.80. The molecule has 0 aliphatic carbocycles. The van der Waals surface area contributed by atoms with Crippen molar-refractivity contribution in [2.45, 2.75) is 25.8 Å². The number of amides is 1. The van der Waals surface area contributed by atoms with Gasteiger partial charge in [-0.25, -0.2) is 0 Å². The zero-order valence-electron chi connectivity index (χ0n) is 14.8. The lowest BCUT2D eigenvalue weighted by Gasteiger charge is -2.39. The molecule has 0 N–H and O–H groups in total. The average Bonchev–Trinajstić information content (AvgIpc) is 3.00. The molecule has 0 bridgehead atoms. The number of methoxy groups -OCH3 is 2. The summed E-state index contributed by atoms with van der Waals surface area (Å²) in [5, 5.41) is 0. The van der Waals surface area contributed by atoms with Crippen LogP contribution in [-0.2, 0) is 16.1 Å². The summed E-state index contributed by atoms with van der Waals surface area (Å²) in [4.78, 5) is 17.4. The number of hydrogen-bond donors (Lipinski definition) is 0. The Morgan fingerprint density at radius 3 is 2.88 bits per heavy atom. The third-order valence-electron chi connectivity index (χ3n) is 5.36. The minimum atomic E-state index is -0.176. The van der Waals surface area contributed by atoms with Crippen LogP contribution in [0.25, 0.3) is 0 Å². The molecule has 0 radical (unpaired) electrons. The fraction of sp³-hybridized carbons (Fsp3) is 0.632. The van der Waals surface area contributed by atoms with E-state index in [0.717, 1.165) is 51.2 Å². The van der Waals surface area contributed by atoms with Crippen molar-refractivity contribution in [3.63, 3.8) is 0 Å². The van der Waals surface area contributed by atoms with Gasteiger partial charge in [-0.15, -0.1) is 0 Å². The lowest BCUT2D eigenvalue weighted by Crippen LogP contribution is -2.50. The molecule has 1 atom stereocenters. The highest BCUT2D eigenvalue weighted by atomic mass is 16.5. The molecule has 1 aromatic rings. The van der Waals surface area contributed by atoms with Crippen LogP contribution in [0.1, 0.15) is 24.8 Å². The van der Waals surface area contributed by atoms with Gasteiger partial charge in [0.1, 0.15) is 5.75 Å². The number of likely N-dealkylation sites (tertiary alicyclic amines) is 2. The number of piperidine rings is 1. The first-order valence-corrected chi connectivity index (χ1v) is 8.80. The van der Waals surface area contributed by atoms with Gasteiger partial charge in [-0.2, -0.15) is 0 Å². The predicted octanol–water partition coefficient (Wildman–Crippen LogP) is 2.16. The second kappa shape index (κ2) is 7.53. The van der Waals surface area contributed by atoms with Gasteiger partial charge in [-0.1, -0.05) is 12.1 Å². The summed E-state index contributed by atoms with van der Waals surface area (Å²) in [5.74, 6) is 1.22. The fourth-order valence-electron chi connectivity index (χ4n) is 4.07. The Kier molecular flexibility index (Phi) is 5.41. The first-order chi connectivity index (χ1) is 11.7. The lowest BCUT2D eigenvalue weighted by atomic mass is 9.78. The Morgan fingerprint density at radius 1 is 1.21 bits per heavy atom. The Balaban J connectivity index is 1.63. The summed E-state index contributed by atoms with van der Waals surface area (Å²) in [6.45, 7) is 4.94. The summed E-state index contributed by atoms with van der Waals surface area (Å²) in [6, 6.07) is 8.20. The molecule has 2 aliphatic heterocycles. The van der Waals surface area contributed by atoms with E-state index in [0.29, 0.717) is 19.1 Å². The van der Waals surface area contributed by atoms with E-state index in [-0.39, 0.29) is 5.41 Å². The Labute approximate surface area is 144 Å². The molecule has 1 aromatic carbocycles. The van der Waals surface area contributed by atoms with Crippen molar-refractivity contribution in [3.05, 3.63) is 29.8 Å². The lowest BCUT2D eigenvalue weighted by molar-refractivity contribution is -0.146. The largest absolute Gasteiger partial charge is 0.497 e. The number of hydrogen-bond acceptors (Lipinski definition) is 4. The van der Waals surface area contributed by atoms with Gasteiger partial charge in [-0.3, -0.25) is 9.69 Å². The van der Waals surface area contributed by atoms with Crippen LogP contribution in [0, 0.1) is 5.41 Å². The highest BCUT2D eigenvalue weighted by Gasteiger charge is 2.47. The molecule has 3 rings (SSSR count). The van der Waals surface area contributed by atoms with Crippen LogP contribution in [-0.4, -0.2) is 62.7 Å². The van der Waals surface area contributed by atoms with E-state index in [1.165, 1.54) is 5.56 Å². The van der Waals surface area contributed by atoms with Gasteiger partial charge >= 0.3 is 0 Å². The number of rotatable bonds is 6. The van der Waals surface area contributed by atoms with Crippen molar-refractivity contribution in [3.8, 4) is 5.75 Å². The van der Waals surface area contributed by atoms with Gasteiger partial charge in [-0.05, 0) is 43.5 Å². The quantitative estimate of drug-likeness (QED) is 0.800. The number of nitrogens with zero attached hydrogens (tertiary/aromatic N) is 2. The normalized spacial score (nSPS) is 24.8. The van der Waals surface area contributed by atoms with E-state index >= 15 is 0 Å². The minimum Gasteiger partial charge on any atom is -0.497 e. The molecule has 1 spiro atoms. The third kappa shape index (κ3) is 3.57. The van der Waals surface area contributed by atoms with Crippen molar-refractivity contribution in [2.24, 2.45) is 5.41 Å². The molecule has 1 unspecified atom stereocenters. The van der Waals surface area contributed by atoms with Crippen LogP contribution in [0.15, 0.2) is 24.3 Å². The molecule has 132 valence electrons. The maximum atomic E-state index is 13.0. The number of carbonyl (C=O) groups is 1. The van der Waals surface area contributed by atoms with Crippen LogP contribution >= 0.6 is 0 Å². The zero-order chi connectivity index (χ0) is 17.0. The molecule has 2 fully saturated rings. The Bertz CT molecular complexity index is 577. The van der Waals surface area contributed by atoms with E-state index in [4.69, 9.17) is 9.47 Å². The zero-order valence-corrected chi connectivity index (χ0v) is 14.8. The molecule has 1 amide bonds. The number of ether oxygens (including phenoxy) is 2. The molecule has 2 saturated heterocycles. The van der Waals surface area contributed by atoms with Crippen LogP contribution in [0.3, 0.4) is 0 Å². The van der Waals surface area contributed by atoms with Gasteiger partial charge in [0.05, 0.1) is 19.1 Å². The molecular formula is C19H28N2O3. The maximum Gasteiger partial charge on any atom is 0.230 e. The van der Waals surface area contributed by atoms with Gasteiger partial charge < -0.3 is 14.4 Å². The first kappa shape index (κ1) is 17.2. The van der Waals surface area contributed by atoms with E-state index in [2.05, 4.69) is 17.0 Å². The van der Waals surface area contributed by atoms with E-state index in [9.17, 15) is 4.79 Å². The van der Waals surface area contributed by atoms with Crippen molar-refractivity contribution < 1.29 is 14.3 Å². The Hall–Kier alpha value is -1.59. The molecular weight excluding hydrogens is 304 g/mol. The van der Waals surface area contributed by atoms with Gasteiger partial charge in [0.15, 0.2) is 0 Å². The second-order valence-electron chi connectivity index (χ2n) is 6.98. The smallest absolute Gasteiger partial charge is 0.230 e. The monoisotopic (exact) mass is 332 g/mol. The van der Waals surface area contributed by atoms with Crippen molar-refractivity contribution >= 4 is 5.91 Å². The van der Waals surface area contributed by atoms with Crippen LogP contribution in [0.2, 0.25) is 0 Å². The average molecular weight is 332 g/mol. The van der Waals surface area contributed by atoms with Gasteiger partial charge in [0.25, 0.3) is 0 Å². The summed E-state index contributed by atoms with van der Waals surface area (Å²) < 4.78 is 10.5. The predicted molar refractivity (Wildman–Crippen MR) is 93.0 cm³/mol. The van der Waals surface area contributed by atoms with Gasteiger partial charge in [0.2, 0.25) is 5.91 Å². The number of benzene rings is 1. The molecule has 5 nitrogen and oxygen atoms in total. The minimum absolute atomic E-state index is 0.176. The Morgan fingerprint density at radius 2 is 2.08 bits per heavy atom. The highest BCUT2D eigenvalue weighted by molar-refractivity contribution is 5.84. The SMILES string of the molecule is COCCN1CCCC2(CCN(Cc3cccc(OC)c3)C2)C1=O. The maximum absolute atomic E-state index is 13.0. The van der Waals surface area contributed by atoms with Crippen molar-refractivity contribution in [1.29, 1.82) is 0 Å². The van der Waals surface area contributed by atoms with E-state index < -0.39 is 0 Å². The number of carbonyl (C=O) groups excluding carboxylic acids is 1. The van der Waals surface area contributed by atoms with Crippen molar-refractivity contribution in [1.82, 2.24) is 9.80 Å². The van der Waals surface area contributed by atoms with Crippen LogP contribution in [0.4, 0.5) is 0 Å². The molecule has 2 aliphatic rings. The fourth-order valence-corrected chi connectivity index (χ4v) is 4.07. The van der Waals surface area contributed by atoms with E-state index in [1.54, 1.807) is 14.2 Å². The summed E-state index contributed by atoms with van der Waals surface area (Å²) >= 11 is 0.